The average Bonchev–Trinajstić information content (AvgIpc) is 2.35. The van der Waals surface area contributed by atoms with Crippen molar-refractivity contribution in [1.29, 1.82) is 0 Å². The number of hydrogen-bond donors (Lipinski definition) is 2. The Morgan fingerprint density at radius 2 is 2.06 bits per heavy atom. The van der Waals surface area contributed by atoms with Gasteiger partial charge in [-0.3, -0.25) is 0 Å². The molecule has 0 bridgehead atoms. The maximum absolute atomic E-state index is 5.75. The minimum Gasteiger partial charge on any atom is -0.496 e. The summed E-state index contributed by atoms with van der Waals surface area (Å²) in [6.45, 7) is 1.98. The van der Waals surface area contributed by atoms with E-state index in [0.717, 1.165) is 17.9 Å². The molecule has 4 heteroatoms. The summed E-state index contributed by atoms with van der Waals surface area (Å²) in [4.78, 5) is 0. The van der Waals surface area contributed by atoms with E-state index in [1.807, 2.05) is 24.3 Å². The van der Waals surface area contributed by atoms with Crippen molar-refractivity contribution in [3.8, 4) is 5.75 Å². The second-order valence-electron chi connectivity index (χ2n) is 3.48. The third kappa shape index (κ3) is 3.48. The number of hydrogen-bond acceptors (Lipinski definition) is 4. The Bertz CT molecular complexity index is 305. The number of nitrogens with two attached hydrogens (primary N) is 1. The molecule has 90 valence electrons. The Morgan fingerprint density at radius 1 is 1.31 bits per heavy atom. The SMILES string of the molecule is COCCNC(CN)c1ccccc1OC. The highest BCUT2D eigenvalue weighted by atomic mass is 16.5. The number of benzene rings is 1. The van der Waals surface area contributed by atoms with Gasteiger partial charge in [-0.05, 0) is 6.07 Å². The zero-order chi connectivity index (χ0) is 11.8. The first-order valence-electron chi connectivity index (χ1n) is 5.38. The van der Waals surface area contributed by atoms with Gasteiger partial charge in [-0.2, -0.15) is 0 Å². The molecule has 1 aromatic rings. The molecule has 16 heavy (non-hydrogen) atoms. The molecule has 1 aromatic carbocycles. The van der Waals surface area contributed by atoms with E-state index in [0.29, 0.717) is 13.2 Å². The number of para-hydroxylation sites is 1. The van der Waals surface area contributed by atoms with E-state index < -0.39 is 0 Å². The topological polar surface area (TPSA) is 56.5 Å². The minimum atomic E-state index is 0.103. The fourth-order valence-corrected chi connectivity index (χ4v) is 1.61. The number of rotatable bonds is 7. The van der Waals surface area contributed by atoms with Crippen LogP contribution in [0.3, 0.4) is 0 Å². The van der Waals surface area contributed by atoms with Crippen LogP contribution < -0.4 is 15.8 Å². The third-order valence-electron chi connectivity index (χ3n) is 2.45. The molecule has 1 rings (SSSR count). The van der Waals surface area contributed by atoms with E-state index >= 15 is 0 Å². The van der Waals surface area contributed by atoms with Crippen molar-refractivity contribution in [2.45, 2.75) is 6.04 Å². The normalized spacial score (nSPS) is 12.4. The molecule has 0 radical (unpaired) electrons. The molecule has 0 amide bonds. The summed E-state index contributed by atoms with van der Waals surface area (Å²) in [5.41, 5.74) is 6.84. The Hall–Kier alpha value is -1.10. The van der Waals surface area contributed by atoms with Gasteiger partial charge in [0.2, 0.25) is 0 Å². The summed E-state index contributed by atoms with van der Waals surface area (Å²) >= 11 is 0. The summed E-state index contributed by atoms with van der Waals surface area (Å²) in [7, 11) is 3.35. The molecule has 0 saturated heterocycles. The molecule has 3 N–H and O–H groups in total. The van der Waals surface area contributed by atoms with Crippen LogP contribution in [0.2, 0.25) is 0 Å². The predicted molar refractivity (Wildman–Crippen MR) is 64.7 cm³/mol. The molecule has 0 spiro atoms. The maximum atomic E-state index is 5.75. The lowest BCUT2D eigenvalue weighted by molar-refractivity contribution is 0.195. The Balaban J connectivity index is 2.69. The zero-order valence-corrected chi connectivity index (χ0v) is 9.90. The van der Waals surface area contributed by atoms with Crippen LogP contribution in [0.5, 0.6) is 5.75 Å². The van der Waals surface area contributed by atoms with Crippen LogP contribution in [0.4, 0.5) is 0 Å². The Labute approximate surface area is 96.7 Å². The fourth-order valence-electron chi connectivity index (χ4n) is 1.61. The number of methoxy groups -OCH3 is 2. The van der Waals surface area contributed by atoms with Gasteiger partial charge in [-0.15, -0.1) is 0 Å². The molecule has 0 heterocycles. The van der Waals surface area contributed by atoms with Crippen molar-refractivity contribution in [1.82, 2.24) is 5.32 Å². The molecule has 1 atom stereocenters. The van der Waals surface area contributed by atoms with Crippen LogP contribution in [-0.4, -0.2) is 33.9 Å². The number of nitrogens with one attached hydrogen (secondary N) is 1. The summed E-state index contributed by atoms with van der Waals surface area (Å²) in [5.74, 6) is 0.864. The van der Waals surface area contributed by atoms with Crippen molar-refractivity contribution in [2.24, 2.45) is 5.73 Å². The van der Waals surface area contributed by atoms with Gasteiger partial charge >= 0.3 is 0 Å². The van der Waals surface area contributed by atoms with Gasteiger partial charge in [0, 0.05) is 31.8 Å². The molecule has 1 unspecified atom stereocenters. The standard InChI is InChI=1S/C12H20N2O2/c1-15-8-7-14-11(9-13)10-5-3-4-6-12(10)16-2/h3-6,11,14H,7-9,13H2,1-2H3. The largest absolute Gasteiger partial charge is 0.496 e. The second kappa shape index (κ2) is 7.22. The smallest absolute Gasteiger partial charge is 0.123 e. The van der Waals surface area contributed by atoms with Gasteiger partial charge in [0.15, 0.2) is 0 Å². The minimum absolute atomic E-state index is 0.103. The monoisotopic (exact) mass is 224 g/mol. The van der Waals surface area contributed by atoms with E-state index in [9.17, 15) is 0 Å². The van der Waals surface area contributed by atoms with Gasteiger partial charge in [-0.25, -0.2) is 0 Å². The van der Waals surface area contributed by atoms with Crippen LogP contribution in [0.25, 0.3) is 0 Å². The second-order valence-corrected chi connectivity index (χ2v) is 3.48. The van der Waals surface area contributed by atoms with Gasteiger partial charge < -0.3 is 20.5 Å². The lowest BCUT2D eigenvalue weighted by atomic mass is 10.1. The van der Waals surface area contributed by atoms with Crippen LogP contribution in [0.15, 0.2) is 24.3 Å². The van der Waals surface area contributed by atoms with Gasteiger partial charge in [0.05, 0.1) is 13.7 Å². The maximum Gasteiger partial charge on any atom is 0.123 e. The Kier molecular flexibility index (Phi) is 5.85. The molecular weight excluding hydrogens is 204 g/mol. The molecule has 0 aliphatic rings. The van der Waals surface area contributed by atoms with Crippen LogP contribution in [0.1, 0.15) is 11.6 Å². The predicted octanol–water partition coefficient (Wildman–Crippen LogP) is 0.931. The quantitative estimate of drug-likeness (QED) is 0.677. The van der Waals surface area contributed by atoms with E-state index in [2.05, 4.69) is 5.32 Å². The van der Waals surface area contributed by atoms with Gasteiger partial charge in [0.1, 0.15) is 5.75 Å². The van der Waals surface area contributed by atoms with Crippen molar-refractivity contribution in [3.05, 3.63) is 29.8 Å². The number of ether oxygens (including phenoxy) is 2. The molecule has 0 aliphatic heterocycles. The van der Waals surface area contributed by atoms with E-state index in [1.54, 1.807) is 14.2 Å². The van der Waals surface area contributed by atoms with Crippen LogP contribution >= 0.6 is 0 Å². The molecule has 4 nitrogen and oxygen atoms in total. The summed E-state index contributed by atoms with van der Waals surface area (Å²) in [6.07, 6.45) is 0. The molecule has 0 fully saturated rings. The van der Waals surface area contributed by atoms with Crippen molar-refractivity contribution in [3.63, 3.8) is 0 Å². The van der Waals surface area contributed by atoms with Gasteiger partial charge in [-0.1, -0.05) is 18.2 Å². The summed E-state index contributed by atoms with van der Waals surface area (Å²) in [5, 5.41) is 3.33. The molecule has 0 aromatic heterocycles. The highest BCUT2D eigenvalue weighted by Crippen LogP contribution is 2.23. The summed E-state index contributed by atoms with van der Waals surface area (Å²) < 4.78 is 10.3. The first-order valence-corrected chi connectivity index (χ1v) is 5.38. The third-order valence-corrected chi connectivity index (χ3v) is 2.45. The molecule has 0 saturated carbocycles. The van der Waals surface area contributed by atoms with E-state index in [4.69, 9.17) is 15.2 Å². The van der Waals surface area contributed by atoms with E-state index in [-0.39, 0.29) is 6.04 Å². The van der Waals surface area contributed by atoms with Gasteiger partial charge in [0.25, 0.3) is 0 Å². The zero-order valence-electron chi connectivity index (χ0n) is 9.90. The fraction of sp³-hybridized carbons (Fsp3) is 0.500. The van der Waals surface area contributed by atoms with Crippen molar-refractivity contribution in [2.75, 3.05) is 33.9 Å². The van der Waals surface area contributed by atoms with Crippen LogP contribution in [-0.2, 0) is 4.74 Å². The first kappa shape index (κ1) is 13.0. The van der Waals surface area contributed by atoms with Crippen LogP contribution in [0, 0.1) is 0 Å². The highest BCUT2D eigenvalue weighted by Gasteiger charge is 2.12. The average molecular weight is 224 g/mol. The molecular formula is C12H20N2O2. The van der Waals surface area contributed by atoms with Crippen molar-refractivity contribution < 1.29 is 9.47 Å². The first-order chi connectivity index (χ1) is 7.83. The lowest BCUT2D eigenvalue weighted by Crippen LogP contribution is -2.31. The Morgan fingerprint density at radius 3 is 2.69 bits per heavy atom. The molecule has 0 aliphatic carbocycles. The highest BCUT2D eigenvalue weighted by molar-refractivity contribution is 5.36. The van der Waals surface area contributed by atoms with E-state index in [1.165, 1.54) is 0 Å². The summed E-state index contributed by atoms with van der Waals surface area (Å²) in [6, 6.07) is 8.00. The lowest BCUT2D eigenvalue weighted by Gasteiger charge is -2.19. The van der Waals surface area contributed by atoms with Crippen molar-refractivity contribution >= 4 is 0 Å².